The van der Waals surface area contributed by atoms with E-state index in [1.807, 2.05) is 0 Å². The number of allylic oxidation sites excluding steroid dienone is 4. The van der Waals surface area contributed by atoms with E-state index in [9.17, 15) is 14.7 Å². The minimum atomic E-state index is -0.772. The molecule has 0 saturated heterocycles. The Balaban J connectivity index is 3.57. The van der Waals surface area contributed by atoms with Crippen LogP contribution in [0, 0.1) is 0 Å². The van der Waals surface area contributed by atoms with Crippen LogP contribution < -0.4 is 0 Å². The molecule has 252 valence electrons. The van der Waals surface area contributed by atoms with E-state index in [4.69, 9.17) is 9.47 Å². The summed E-state index contributed by atoms with van der Waals surface area (Å²) in [5.74, 6) is -0.604. The van der Waals surface area contributed by atoms with Crippen LogP contribution >= 0.6 is 0 Å². The second kappa shape index (κ2) is 34.9. The number of rotatable bonds is 33. The van der Waals surface area contributed by atoms with E-state index in [-0.39, 0.29) is 25.2 Å². The van der Waals surface area contributed by atoms with Crippen LogP contribution in [0.5, 0.6) is 0 Å². The average molecular weight is 607 g/mol. The molecule has 0 amide bonds. The number of unbranched alkanes of at least 4 members (excludes halogenated alkanes) is 21. The molecule has 0 aromatic heterocycles. The highest BCUT2D eigenvalue weighted by Crippen LogP contribution is 2.13. The number of aliphatic hydroxyl groups is 1. The molecule has 0 aliphatic carbocycles. The molecule has 0 aromatic rings. The highest BCUT2D eigenvalue weighted by atomic mass is 16.6. The third-order valence-corrected chi connectivity index (χ3v) is 7.97. The summed E-state index contributed by atoms with van der Waals surface area (Å²) in [4.78, 5) is 24.2. The van der Waals surface area contributed by atoms with Gasteiger partial charge in [-0.05, 0) is 64.2 Å². The van der Waals surface area contributed by atoms with Gasteiger partial charge in [0.15, 0.2) is 6.10 Å². The number of ether oxygens (including phenoxy) is 2. The fourth-order valence-electron chi connectivity index (χ4n) is 5.13. The lowest BCUT2D eigenvalue weighted by molar-refractivity contribution is -0.161. The number of hydrogen-bond donors (Lipinski definition) is 1. The predicted octanol–water partition coefficient (Wildman–Crippen LogP) is 11.1. The van der Waals surface area contributed by atoms with Crippen LogP contribution in [0.2, 0.25) is 0 Å². The number of esters is 2. The summed E-state index contributed by atoms with van der Waals surface area (Å²) >= 11 is 0. The molecule has 1 unspecified atom stereocenters. The van der Waals surface area contributed by atoms with Gasteiger partial charge in [0, 0.05) is 12.8 Å². The topological polar surface area (TPSA) is 72.8 Å². The van der Waals surface area contributed by atoms with E-state index in [0.717, 1.165) is 44.9 Å². The van der Waals surface area contributed by atoms with Gasteiger partial charge in [0.25, 0.3) is 0 Å². The Bertz CT molecular complexity index is 657. The molecule has 0 radical (unpaired) electrons. The lowest BCUT2D eigenvalue weighted by Crippen LogP contribution is -2.28. The van der Waals surface area contributed by atoms with Crippen LogP contribution in [0.25, 0.3) is 0 Å². The second-order valence-electron chi connectivity index (χ2n) is 12.3. The maximum absolute atomic E-state index is 12.1. The molecule has 1 atom stereocenters. The first kappa shape index (κ1) is 41.4. The maximum atomic E-state index is 12.1. The van der Waals surface area contributed by atoms with E-state index in [2.05, 4.69) is 38.2 Å². The molecule has 0 fully saturated rings. The van der Waals surface area contributed by atoms with Crippen LogP contribution in [0.3, 0.4) is 0 Å². The Labute approximate surface area is 266 Å². The lowest BCUT2D eigenvalue weighted by Gasteiger charge is -2.15. The molecule has 0 rings (SSSR count). The predicted molar refractivity (Wildman–Crippen MR) is 182 cm³/mol. The molecule has 0 aliphatic heterocycles. The molecule has 0 aromatic carbocycles. The van der Waals surface area contributed by atoms with E-state index < -0.39 is 6.10 Å². The van der Waals surface area contributed by atoms with Gasteiger partial charge in [-0.3, -0.25) is 9.59 Å². The Morgan fingerprint density at radius 1 is 0.512 bits per heavy atom. The third-order valence-electron chi connectivity index (χ3n) is 7.97. The fraction of sp³-hybridized carbons (Fsp3) is 0.842. The summed E-state index contributed by atoms with van der Waals surface area (Å²) < 4.78 is 10.6. The molecular weight excluding hydrogens is 536 g/mol. The molecule has 0 aliphatic rings. The minimum absolute atomic E-state index is 0.0695. The van der Waals surface area contributed by atoms with Gasteiger partial charge in [-0.15, -0.1) is 0 Å². The Morgan fingerprint density at radius 3 is 1.30 bits per heavy atom. The van der Waals surface area contributed by atoms with Gasteiger partial charge in [0.05, 0.1) is 6.61 Å². The van der Waals surface area contributed by atoms with Gasteiger partial charge in [-0.25, -0.2) is 0 Å². The average Bonchev–Trinajstić information content (AvgIpc) is 3.01. The first-order valence-corrected chi connectivity index (χ1v) is 18.4. The zero-order valence-electron chi connectivity index (χ0n) is 28.5. The normalized spacial score (nSPS) is 12.3. The largest absolute Gasteiger partial charge is 0.462 e. The molecule has 43 heavy (non-hydrogen) atoms. The van der Waals surface area contributed by atoms with Crippen LogP contribution in [0.15, 0.2) is 24.3 Å². The summed E-state index contributed by atoms with van der Waals surface area (Å²) in [5.41, 5.74) is 0. The van der Waals surface area contributed by atoms with Gasteiger partial charge < -0.3 is 14.6 Å². The quantitative estimate of drug-likeness (QED) is 0.0457. The van der Waals surface area contributed by atoms with Gasteiger partial charge >= 0.3 is 11.9 Å². The van der Waals surface area contributed by atoms with Crippen molar-refractivity contribution in [1.29, 1.82) is 0 Å². The van der Waals surface area contributed by atoms with E-state index in [0.29, 0.717) is 12.8 Å². The Kier molecular flexibility index (Phi) is 33.6. The van der Waals surface area contributed by atoms with E-state index in [1.54, 1.807) is 0 Å². The van der Waals surface area contributed by atoms with Crippen molar-refractivity contribution in [3.05, 3.63) is 24.3 Å². The van der Waals surface area contributed by atoms with Crippen molar-refractivity contribution >= 4 is 11.9 Å². The van der Waals surface area contributed by atoms with Gasteiger partial charge in [-0.2, -0.15) is 0 Å². The minimum Gasteiger partial charge on any atom is -0.462 e. The van der Waals surface area contributed by atoms with Crippen molar-refractivity contribution in [3.8, 4) is 0 Å². The smallest absolute Gasteiger partial charge is 0.306 e. The molecule has 1 N–H and O–H groups in total. The highest BCUT2D eigenvalue weighted by molar-refractivity contribution is 5.70. The van der Waals surface area contributed by atoms with Crippen molar-refractivity contribution in [3.63, 3.8) is 0 Å². The number of hydrogen-bond acceptors (Lipinski definition) is 5. The fourth-order valence-corrected chi connectivity index (χ4v) is 5.13. The first-order chi connectivity index (χ1) is 21.1. The van der Waals surface area contributed by atoms with Crippen LogP contribution in [-0.2, 0) is 19.1 Å². The Hall–Kier alpha value is -1.62. The summed E-state index contributed by atoms with van der Waals surface area (Å²) in [6.07, 6.45) is 39.4. The third kappa shape index (κ3) is 33.1. The van der Waals surface area contributed by atoms with Crippen LogP contribution in [0.4, 0.5) is 0 Å². The zero-order valence-corrected chi connectivity index (χ0v) is 28.5. The monoisotopic (exact) mass is 607 g/mol. The maximum Gasteiger partial charge on any atom is 0.306 e. The number of carbonyl (C=O) groups is 2. The van der Waals surface area contributed by atoms with Crippen molar-refractivity contribution in [2.75, 3.05) is 13.2 Å². The first-order valence-electron chi connectivity index (χ1n) is 18.4. The van der Waals surface area contributed by atoms with Crippen molar-refractivity contribution in [2.45, 2.75) is 193 Å². The number of carbonyl (C=O) groups excluding carboxylic acids is 2. The molecular formula is C38H70O5. The second-order valence-corrected chi connectivity index (χ2v) is 12.3. The van der Waals surface area contributed by atoms with E-state index in [1.165, 1.54) is 116 Å². The highest BCUT2D eigenvalue weighted by Gasteiger charge is 2.16. The molecule has 0 heterocycles. The molecule has 5 nitrogen and oxygen atoms in total. The van der Waals surface area contributed by atoms with Gasteiger partial charge in [0.1, 0.15) is 6.61 Å². The molecule has 0 spiro atoms. The lowest BCUT2D eigenvalue weighted by atomic mass is 10.1. The Morgan fingerprint density at radius 2 is 0.860 bits per heavy atom. The summed E-state index contributed by atoms with van der Waals surface area (Å²) in [5, 5.41) is 9.52. The molecule has 0 bridgehead atoms. The summed E-state index contributed by atoms with van der Waals surface area (Å²) in [6.45, 7) is 4.09. The molecule has 0 saturated carbocycles. The summed E-state index contributed by atoms with van der Waals surface area (Å²) in [6, 6.07) is 0. The standard InChI is InChI=1S/C38H70O5/c1-3-5-7-9-11-13-15-17-18-19-20-21-23-25-27-29-31-33-38(41)43-36(34-39)35-42-37(40)32-30-28-26-24-22-16-14-12-10-8-6-4-2/h12,14,17-18,36,39H,3-11,13,15-16,19-35H2,1-2H3/b14-12-,18-17-. The SMILES string of the molecule is CCCCC/C=C\CCCCCCCC(=O)OCC(CO)OC(=O)CCCCCCCCC/C=C\CCCCCCCC. The van der Waals surface area contributed by atoms with Gasteiger partial charge in [0.2, 0.25) is 0 Å². The zero-order chi connectivity index (χ0) is 31.5. The van der Waals surface area contributed by atoms with Crippen LogP contribution in [-0.4, -0.2) is 36.4 Å². The van der Waals surface area contributed by atoms with Gasteiger partial charge in [-0.1, -0.05) is 134 Å². The van der Waals surface area contributed by atoms with Crippen molar-refractivity contribution in [2.24, 2.45) is 0 Å². The van der Waals surface area contributed by atoms with Crippen molar-refractivity contribution < 1.29 is 24.2 Å². The van der Waals surface area contributed by atoms with E-state index >= 15 is 0 Å². The van der Waals surface area contributed by atoms with Crippen molar-refractivity contribution in [1.82, 2.24) is 0 Å². The summed E-state index contributed by atoms with van der Waals surface area (Å²) in [7, 11) is 0. The van der Waals surface area contributed by atoms with Crippen LogP contribution in [0.1, 0.15) is 187 Å². The number of aliphatic hydroxyl groups excluding tert-OH is 1. The molecule has 5 heteroatoms.